The summed E-state index contributed by atoms with van der Waals surface area (Å²) < 4.78 is 5.36. The van der Waals surface area contributed by atoms with Crippen molar-refractivity contribution in [1.82, 2.24) is 20.1 Å². The molecule has 1 N–H and O–H groups in total. The molecule has 0 saturated heterocycles. The number of aromatic nitrogens is 4. The second-order valence-corrected chi connectivity index (χ2v) is 6.83. The van der Waals surface area contributed by atoms with Crippen LogP contribution in [0.5, 0.6) is 0 Å². The first kappa shape index (κ1) is 17.9. The topological polar surface area (TPSA) is 76.7 Å². The molecule has 1 aromatic carbocycles. The number of anilines is 1. The van der Waals surface area contributed by atoms with Crippen molar-refractivity contribution in [3.63, 3.8) is 0 Å². The molecule has 3 aromatic heterocycles. The summed E-state index contributed by atoms with van der Waals surface area (Å²) in [4.78, 5) is 13.0. The largest absolute Gasteiger partial charge is 0.366 e. The minimum Gasteiger partial charge on any atom is -0.366 e. The summed E-state index contributed by atoms with van der Waals surface area (Å²) in [6.07, 6.45) is 5.38. The van der Waals surface area contributed by atoms with E-state index in [1.807, 2.05) is 38.2 Å². The summed E-state index contributed by atoms with van der Waals surface area (Å²) >= 11 is 0. The van der Waals surface area contributed by atoms with Crippen LogP contribution in [-0.4, -0.2) is 20.1 Å². The van der Waals surface area contributed by atoms with Crippen LogP contribution in [0.1, 0.15) is 31.2 Å². The van der Waals surface area contributed by atoms with Crippen molar-refractivity contribution in [2.24, 2.45) is 0 Å². The van der Waals surface area contributed by atoms with Gasteiger partial charge in [0.1, 0.15) is 5.82 Å². The summed E-state index contributed by atoms with van der Waals surface area (Å²) in [5.74, 6) is 2.20. The van der Waals surface area contributed by atoms with Crippen LogP contribution in [0.25, 0.3) is 22.6 Å². The molecule has 0 spiro atoms. The van der Waals surface area contributed by atoms with Crippen molar-refractivity contribution in [1.29, 1.82) is 0 Å². The Labute approximate surface area is 163 Å². The zero-order valence-electron chi connectivity index (χ0n) is 15.8. The summed E-state index contributed by atoms with van der Waals surface area (Å²) in [5, 5.41) is 7.36. The van der Waals surface area contributed by atoms with E-state index >= 15 is 0 Å². The Kier molecular flexibility index (Phi) is 5.10. The molecule has 6 nitrogen and oxygen atoms in total. The number of benzene rings is 1. The molecular weight excluding hydrogens is 350 g/mol. The molecule has 0 saturated carbocycles. The van der Waals surface area contributed by atoms with Gasteiger partial charge in [-0.15, -0.1) is 0 Å². The van der Waals surface area contributed by atoms with Crippen molar-refractivity contribution in [3.8, 4) is 22.6 Å². The molecule has 0 atom stereocenters. The van der Waals surface area contributed by atoms with Gasteiger partial charge in [-0.05, 0) is 34.9 Å². The Hall–Kier alpha value is -3.54. The number of nitrogens with one attached hydrogen (secondary N) is 1. The van der Waals surface area contributed by atoms with Crippen LogP contribution >= 0.6 is 0 Å². The van der Waals surface area contributed by atoms with Gasteiger partial charge in [-0.1, -0.05) is 49.3 Å². The molecule has 4 aromatic rings. The van der Waals surface area contributed by atoms with Gasteiger partial charge in [-0.2, -0.15) is 4.98 Å². The van der Waals surface area contributed by atoms with Crippen molar-refractivity contribution in [2.45, 2.75) is 26.3 Å². The third-order valence-electron chi connectivity index (χ3n) is 4.39. The van der Waals surface area contributed by atoms with Crippen molar-refractivity contribution in [2.75, 3.05) is 5.32 Å². The first-order valence-corrected chi connectivity index (χ1v) is 9.22. The van der Waals surface area contributed by atoms with Gasteiger partial charge in [0.15, 0.2) is 5.82 Å². The monoisotopic (exact) mass is 371 g/mol. The maximum atomic E-state index is 5.36. The SMILES string of the molecule is CC(C)c1noc(-c2ccnc(NCc3ccc(-c4cccnc4)cc3)c2)n1. The zero-order chi connectivity index (χ0) is 19.3. The number of hydrogen-bond acceptors (Lipinski definition) is 6. The van der Waals surface area contributed by atoms with Crippen LogP contribution in [0.2, 0.25) is 0 Å². The summed E-state index contributed by atoms with van der Waals surface area (Å²) in [7, 11) is 0. The molecule has 0 radical (unpaired) electrons. The second kappa shape index (κ2) is 8.00. The van der Waals surface area contributed by atoms with Crippen LogP contribution in [-0.2, 0) is 6.54 Å². The van der Waals surface area contributed by atoms with E-state index < -0.39 is 0 Å². The summed E-state index contributed by atoms with van der Waals surface area (Å²) in [6.45, 7) is 4.74. The summed E-state index contributed by atoms with van der Waals surface area (Å²) in [5.41, 5.74) is 4.27. The molecule has 0 bridgehead atoms. The predicted molar refractivity (Wildman–Crippen MR) is 109 cm³/mol. The highest BCUT2D eigenvalue weighted by atomic mass is 16.5. The smallest absolute Gasteiger partial charge is 0.258 e. The van der Waals surface area contributed by atoms with Crippen molar-refractivity contribution in [3.05, 3.63) is 78.5 Å². The van der Waals surface area contributed by atoms with Gasteiger partial charge >= 0.3 is 0 Å². The van der Waals surface area contributed by atoms with E-state index in [9.17, 15) is 0 Å². The number of hydrogen-bond donors (Lipinski definition) is 1. The minimum absolute atomic E-state index is 0.228. The molecular formula is C22H21N5O. The van der Waals surface area contributed by atoms with E-state index in [2.05, 4.69) is 55.8 Å². The minimum atomic E-state index is 0.228. The van der Waals surface area contributed by atoms with Crippen molar-refractivity contribution < 1.29 is 4.52 Å². The standard InChI is InChI=1S/C22H21N5O/c1-15(2)21-26-22(28-27-21)18-9-11-24-20(12-18)25-13-16-5-7-17(8-6-16)19-4-3-10-23-14-19/h3-12,14-15H,13H2,1-2H3,(H,24,25). The van der Waals surface area contributed by atoms with E-state index in [1.165, 1.54) is 5.56 Å². The quantitative estimate of drug-likeness (QED) is 0.518. The molecule has 0 amide bonds. The molecule has 0 aliphatic rings. The van der Waals surface area contributed by atoms with Gasteiger partial charge in [-0.3, -0.25) is 4.98 Å². The molecule has 4 rings (SSSR count). The Morgan fingerprint density at radius 3 is 2.54 bits per heavy atom. The Morgan fingerprint density at radius 1 is 0.964 bits per heavy atom. The Balaban J connectivity index is 1.43. The third kappa shape index (κ3) is 4.06. The molecule has 28 heavy (non-hydrogen) atoms. The third-order valence-corrected chi connectivity index (χ3v) is 4.39. The lowest BCUT2D eigenvalue weighted by molar-refractivity contribution is 0.419. The van der Waals surface area contributed by atoms with Crippen molar-refractivity contribution >= 4 is 5.82 Å². The van der Waals surface area contributed by atoms with Gasteiger partial charge in [0.05, 0.1) is 0 Å². The van der Waals surface area contributed by atoms with Gasteiger partial charge in [0.25, 0.3) is 5.89 Å². The van der Waals surface area contributed by atoms with Crippen LogP contribution in [0.15, 0.2) is 71.6 Å². The Morgan fingerprint density at radius 2 is 1.82 bits per heavy atom. The van der Waals surface area contributed by atoms with Gasteiger partial charge in [0, 0.05) is 36.6 Å². The average molecular weight is 371 g/mol. The normalized spacial score (nSPS) is 11.0. The molecule has 3 heterocycles. The van der Waals surface area contributed by atoms with E-state index in [0.29, 0.717) is 18.3 Å². The molecule has 140 valence electrons. The maximum absolute atomic E-state index is 5.36. The lowest BCUT2D eigenvalue weighted by atomic mass is 10.1. The van der Waals surface area contributed by atoms with Gasteiger partial charge in [0.2, 0.25) is 0 Å². The molecule has 0 aliphatic heterocycles. The maximum Gasteiger partial charge on any atom is 0.258 e. The van der Waals surface area contributed by atoms with E-state index in [4.69, 9.17) is 4.52 Å². The lowest BCUT2D eigenvalue weighted by Gasteiger charge is -2.07. The van der Waals surface area contributed by atoms with Crippen LogP contribution in [0, 0.1) is 0 Å². The highest BCUT2D eigenvalue weighted by Crippen LogP contribution is 2.22. The molecule has 0 fully saturated rings. The zero-order valence-corrected chi connectivity index (χ0v) is 15.8. The molecule has 0 aliphatic carbocycles. The fraction of sp³-hybridized carbons (Fsp3) is 0.182. The fourth-order valence-corrected chi connectivity index (χ4v) is 2.79. The molecule has 6 heteroatoms. The number of nitrogens with zero attached hydrogens (tertiary/aromatic N) is 4. The fourth-order valence-electron chi connectivity index (χ4n) is 2.79. The first-order valence-electron chi connectivity index (χ1n) is 9.22. The highest BCUT2D eigenvalue weighted by Gasteiger charge is 2.12. The average Bonchev–Trinajstić information content (AvgIpc) is 3.24. The van der Waals surface area contributed by atoms with E-state index in [0.717, 1.165) is 22.5 Å². The second-order valence-electron chi connectivity index (χ2n) is 6.83. The van der Waals surface area contributed by atoms with Crippen LogP contribution < -0.4 is 5.32 Å². The van der Waals surface area contributed by atoms with E-state index in [-0.39, 0.29) is 5.92 Å². The van der Waals surface area contributed by atoms with Crippen LogP contribution in [0.4, 0.5) is 5.82 Å². The summed E-state index contributed by atoms with van der Waals surface area (Å²) in [6, 6.07) is 16.2. The highest BCUT2D eigenvalue weighted by molar-refractivity contribution is 5.62. The number of rotatable bonds is 6. The number of pyridine rings is 2. The van der Waals surface area contributed by atoms with Crippen LogP contribution in [0.3, 0.4) is 0 Å². The van der Waals surface area contributed by atoms with Gasteiger partial charge in [-0.25, -0.2) is 4.98 Å². The first-order chi connectivity index (χ1) is 13.7. The lowest BCUT2D eigenvalue weighted by Crippen LogP contribution is -2.01. The predicted octanol–water partition coefficient (Wildman–Crippen LogP) is 4.93. The Bertz CT molecular complexity index is 1040. The van der Waals surface area contributed by atoms with E-state index in [1.54, 1.807) is 12.4 Å². The van der Waals surface area contributed by atoms with Gasteiger partial charge < -0.3 is 9.84 Å². The molecule has 0 unspecified atom stereocenters.